The SMILES string of the molecule is COc1ccc(/C=N/NC(=O)c2c(C)n(Cc3ccccc3)c[n+]2[O-])cc1. The molecule has 0 fully saturated rings. The predicted octanol–water partition coefficient (Wildman–Crippen LogP) is 2.25. The first kappa shape index (κ1) is 18.2. The van der Waals surface area contributed by atoms with Crippen molar-refractivity contribution in [3.8, 4) is 5.75 Å². The summed E-state index contributed by atoms with van der Waals surface area (Å²) in [5, 5.41) is 16.1. The molecule has 0 aliphatic carbocycles. The predicted molar refractivity (Wildman–Crippen MR) is 102 cm³/mol. The Kier molecular flexibility index (Phi) is 5.51. The van der Waals surface area contributed by atoms with E-state index in [9.17, 15) is 10.0 Å². The molecule has 0 aliphatic heterocycles. The van der Waals surface area contributed by atoms with E-state index in [1.165, 1.54) is 12.5 Å². The Morgan fingerprint density at radius 1 is 1.22 bits per heavy atom. The zero-order chi connectivity index (χ0) is 19.2. The Balaban J connectivity index is 1.70. The number of carbonyl (C=O) groups is 1. The van der Waals surface area contributed by atoms with Crippen LogP contribution in [0.2, 0.25) is 0 Å². The average Bonchev–Trinajstić information content (AvgIpc) is 2.96. The normalized spacial score (nSPS) is 10.9. The van der Waals surface area contributed by atoms with Gasteiger partial charge in [-0.05, 0) is 35.4 Å². The minimum atomic E-state index is -0.556. The van der Waals surface area contributed by atoms with Gasteiger partial charge in [0.2, 0.25) is 12.0 Å². The van der Waals surface area contributed by atoms with E-state index in [1.54, 1.807) is 30.7 Å². The van der Waals surface area contributed by atoms with Gasteiger partial charge in [-0.15, -0.1) is 0 Å². The Morgan fingerprint density at radius 3 is 2.59 bits per heavy atom. The van der Waals surface area contributed by atoms with Gasteiger partial charge in [-0.3, -0.25) is 4.79 Å². The van der Waals surface area contributed by atoms with Crippen molar-refractivity contribution in [3.63, 3.8) is 0 Å². The summed E-state index contributed by atoms with van der Waals surface area (Å²) >= 11 is 0. The van der Waals surface area contributed by atoms with E-state index in [0.29, 0.717) is 17.0 Å². The van der Waals surface area contributed by atoms with Crippen LogP contribution in [0, 0.1) is 12.1 Å². The monoisotopic (exact) mass is 364 g/mol. The lowest BCUT2D eigenvalue weighted by Crippen LogP contribution is -2.36. The molecule has 2 aromatic carbocycles. The molecule has 1 N–H and O–H groups in total. The van der Waals surface area contributed by atoms with E-state index < -0.39 is 5.91 Å². The number of hydrogen-bond acceptors (Lipinski definition) is 4. The second kappa shape index (κ2) is 8.18. The van der Waals surface area contributed by atoms with Crippen LogP contribution < -0.4 is 14.9 Å². The Bertz CT molecular complexity index is 947. The van der Waals surface area contributed by atoms with Crippen molar-refractivity contribution >= 4 is 12.1 Å². The molecule has 0 bridgehead atoms. The highest BCUT2D eigenvalue weighted by Gasteiger charge is 2.23. The van der Waals surface area contributed by atoms with E-state index in [1.807, 2.05) is 42.5 Å². The minimum Gasteiger partial charge on any atom is -0.710 e. The van der Waals surface area contributed by atoms with Crippen LogP contribution in [0.15, 0.2) is 66.0 Å². The van der Waals surface area contributed by atoms with E-state index in [2.05, 4.69) is 10.5 Å². The van der Waals surface area contributed by atoms with E-state index >= 15 is 0 Å². The number of aromatic nitrogens is 2. The number of nitrogens with one attached hydrogen (secondary N) is 1. The third-order valence-corrected chi connectivity index (χ3v) is 4.14. The molecule has 1 heterocycles. The number of carbonyl (C=O) groups excluding carboxylic acids is 1. The van der Waals surface area contributed by atoms with Crippen LogP contribution in [0.4, 0.5) is 0 Å². The van der Waals surface area contributed by atoms with Crippen molar-refractivity contribution in [2.24, 2.45) is 5.10 Å². The molecule has 3 aromatic rings. The molecule has 0 spiro atoms. The minimum absolute atomic E-state index is 0.0258. The summed E-state index contributed by atoms with van der Waals surface area (Å²) in [5.74, 6) is 0.179. The van der Waals surface area contributed by atoms with Gasteiger partial charge in [0.05, 0.1) is 13.3 Å². The molecular formula is C20H20N4O3. The van der Waals surface area contributed by atoms with Gasteiger partial charge in [-0.2, -0.15) is 5.10 Å². The van der Waals surface area contributed by atoms with Crippen molar-refractivity contribution in [3.05, 3.63) is 88.6 Å². The standard InChI is InChI=1S/C20H20N4O3/c1-15-19(24(26)14-23(15)13-17-6-4-3-5-7-17)20(25)22-21-12-16-8-10-18(27-2)11-9-16/h3-12,14H,13H2,1-2H3,(H,22,25)/b21-12+. The van der Waals surface area contributed by atoms with Crippen molar-refractivity contribution in [1.82, 2.24) is 9.99 Å². The number of amides is 1. The van der Waals surface area contributed by atoms with Crippen molar-refractivity contribution in [2.75, 3.05) is 7.11 Å². The summed E-state index contributed by atoms with van der Waals surface area (Å²) in [6, 6.07) is 16.9. The van der Waals surface area contributed by atoms with Gasteiger partial charge in [0.1, 0.15) is 12.3 Å². The second-order valence-corrected chi connectivity index (χ2v) is 5.96. The fourth-order valence-electron chi connectivity index (χ4n) is 2.68. The van der Waals surface area contributed by atoms with Crippen LogP contribution in [0.3, 0.4) is 0 Å². The molecule has 0 saturated carbocycles. The topological polar surface area (TPSA) is 82.6 Å². The molecule has 3 rings (SSSR count). The molecule has 138 valence electrons. The molecule has 0 saturated heterocycles. The van der Waals surface area contributed by atoms with Gasteiger partial charge in [0.25, 0.3) is 0 Å². The number of imidazole rings is 1. The number of rotatable bonds is 6. The number of hydrogen-bond donors (Lipinski definition) is 1. The van der Waals surface area contributed by atoms with Crippen molar-refractivity contribution in [1.29, 1.82) is 0 Å². The van der Waals surface area contributed by atoms with E-state index in [4.69, 9.17) is 4.74 Å². The van der Waals surface area contributed by atoms with E-state index in [0.717, 1.165) is 16.9 Å². The summed E-state index contributed by atoms with van der Waals surface area (Å²) in [5.41, 5.74) is 4.84. The summed E-state index contributed by atoms with van der Waals surface area (Å²) in [4.78, 5) is 12.4. The molecule has 1 aromatic heterocycles. The maximum atomic E-state index is 12.4. The summed E-state index contributed by atoms with van der Waals surface area (Å²) in [6.45, 7) is 2.25. The Morgan fingerprint density at radius 2 is 1.93 bits per heavy atom. The molecule has 0 aliphatic rings. The quantitative estimate of drug-likeness (QED) is 0.315. The molecule has 7 nitrogen and oxygen atoms in total. The van der Waals surface area contributed by atoms with Crippen LogP contribution in [0.1, 0.15) is 27.3 Å². The molecule has 0 unspecified atom stereocenters. The maximum absolute atomic E-state index is 12.4. The Hall–Kier alpha value is -3.61. The number of hydrazone groups is 1. The third-order valence-electron chi connectivity index (χ3n) is 4.14. The molecule has 0 radical (unpaired) electrons. The lowest BCUT2D eigenvalue weighted by atomic mass is 10.2. The van der Waals surface area contributed by atoms with Crippen LogP contribution >= 0.6 is 0 Å². The fraction of sp³-hybridized carbons (Fsp3) is 0.150. The van der Waals surface area contributed by atoms with Gasteiger partial charge in [-0.1, -0.05) is 30.3 Å². The molecular weight excluding hydrogens is 344 g/mol. The van der Waals surface area contributed by atoms with Gasteiger partial charge in [-0.25, -0.2) is 14.7 Å². The highest BCUT2D eigenvalue weighted by atomic mass is 16.5. The molecule has 27 heavy (non-hydrogen) atoms. The first-order chi connectivity index (χ1) is 13.1. The van der Waals surface area contributed by atoms with Crippen LogP contribution in [-0.2, 0) is 6.54 Å². The lowest BCUT2D eigenvalue weighted by molar-refractivity contribution is -0.607. The third kappa shape index (κ3) is 4.33. The second-order valence-electron chi connectivity index (χ2n) is 5.96. The fourth-order valence-corrected chi connectivity index (χ4v) is 2.68. The van der Waals surface area contributed by atoms with Crippen LogP contribution in [0.25, 0.3) is 0 Å². The van der Waals surface area contributed by atoms with Crippen molar-refractivity contribution < 1.29 is 14.3 Å². The summed E-state index contributed by atoms with van der Waals surface area (Å²) in [6.07, 6.45) is 2.87. The van der Waals surface area contributed by atoms with Gasteiger partial charge in [0, 0.05) is 6.92 Å². The zero-order valence-corrected chi connectivity index (χ0v) is 15.1. The largest absolute Gasteiger partial charge is 0.710 e. The molecule has 7 heteroatoms. The van der Waals surface area contributed by atoms with Gasteiger partial charge < -0.3 is 9.94 Å². The Labute approximate surface area is 157 Å². The average molecular weight is 364 g/mol. The maximum Gasteiger partial charge on any atom is 0.315 e. The zero-order valence-electron chi connectivity index (χ0n) is 15.1. The summed E-state index contributed by atoms with van der Waals surface area (Å²) < 4.78 is 7.39. The number of nitrogens with zero attached hydrogens (tertiary/aromatic N) is 3. The highest BCUT2D eigenvalue weighted by Crippen LogP contribution is 2.10. The first-order valence-electron chi connectivity index (χ1n) is 8.38. The van der Waals surface area contributed by atoms with E-state index in [-0.39, 0.29) is 5.69 Å². The van der Waals surface area contributed by atoms with Crippen LogP contribution in [0.5, 0.6) is 5.75 Å². The number of ether oxygens (including phenoxy) is 1. The summed E-state index contributed by atoms with van der Waals surface area (Å²) in [7, 11) is 1.59. The van der Waals surface area contributed by atoms with Crippen LogP contribution in [-0.4, -0.2) is 23.8 Å². The number of benzene rings is 2. The smallest absolute Gasteiger partial charge is 0.315 e. The van der Waals surface area contributed by atoms with Gasteiger partial charge in [0.15, 0.2) is 5.69 Å². The number of methoxy groups -OCH3 is 1. The lowest BCUT2D eigenvalue weighted by Gasteiger charge is -2.02. The molecule has 0 atom stereocenters. The van der Waals surface area contributed by atoms with Gasteiger partial charge >= 0.3 is 5.91 Å². The first-order valence-corrected chi connectivity index (χ1v) is 8.38. The molecule has 1 amide bonds. The highest BCUT2D eigenvalue weighted by molar-refractivity contribution is 5.92. The van der Waals surface area contributed by atoms with Crippen molar-refractivity contribution in [2.45, 2.75) is 13.5 Å².